The van der Waals surface area contributed by atoms with Crippen LogP contribution in [0.3, 0.4) is 0 Å². The summed E-state index contributed by atoms with van der Waals surface area (Å²) < 4.78 is 2.36. The number of pyridine rings is 1. The van der Waals surface area contributed by atoms with Crippen molar-refractivity contribution in [1.29, 1.82) is 0 Å². The zero-order chi connectivity index (χ0) is 16.7. The second-order valence-electron chi connectivity index (χ2n) is 6.83. The van der Waals surface area contributed by atoms with Crippen molar-refractivity contribution in [2.45, 2.75) is 26.3 Å². The summed E-state index contributed by atoms with van der Waals surface area (Å²) in [6.45, 7) is 4.92. The zero-order valence-electron chi connectivity index (χ0n) is 14.4. The van der Waals surface area contributed by atoms with Crippen LogP contribution in [0.1, 0.15) is 22.4 Å². The molecule has 0 radical (unpaired) electrons. The Morgan fingerprint density at radius 2 is 2.08 bits per heavy atom. The Balaban J connectivity index is 1.97. The molecular formula is C20H24N4. The molecule has 0 atom stereocenters. The zero-order valence-corrected chi connectivity index (χ0v) is 14.4. The third kappa shape index (κ3) is 2.52. The van der Waals surface area contributed by atoms with Crippen LogP contribution in [0.4, 0.5) is 0 Å². The second kappa shape index (κ2) is 6.04. The van der Waals surface area contributed by atoms with Crippen LogP contribution < -0.4 is 5.73 Å². The highest BCUT2D eigenvalue weighted by Gasteiger charge is 2.23. The molecule has 0 spiro atoms. The van der Waals surface area contributed by atoms with Crippen molar-refractivity contribution < 1.29 is 0 Å². The maximum Gasteiger partial charge on any atom is 0.137 e. The summed E-state index contributed by atoms with van der Waals surface area (Å²) in [5.74, 6) is 1.01. The predicted molar refractivity (Wildman–Crippen MR) is 98.6 cm³/mol. The summed E-state index contributed by atoms with van der Waals surface area (Å²) in [5, 5.41) is 1.36. The molecule has 1 aromatic carbocycles. The molecule has 0 fully saturated rings. The monoisotopic (exact) mass is 320 g/mol. The molecule has 1 aliphatic heterocycles. The van der Waals surface area contributed by atoms with Gasteiger partial charge >= 0.3 is 0 Å². The minimum Gasteiger partial charge on any atom is -0.330 e. The number of nitrogens with two attached hydrogens (primary N) is 1. The largest absolute Gasteiger partial charge is 0.330 e. The van der Waals surface area contributed by atoms with Crippen LogP contribution >= 0.6 is 0 Å². The number of hydrogen-bond donors (Lipinski definition) is 1. The average Bonchev–Trinajstić information content (AvgIpc) is 2.88. The van der Waals surface area contributed by atoms with Gasteiger partial charge in [-0.15, -0.1) is 0 Å². The minimum absolute atomic E-state index is 0.665. The molecule has 0 saturated carbocycles. The van der Waals surface area contributed by atoms with Crippen LogP contribution in [0.5, 0.6) is 0 Å². The lowest BCUT2D eigenvalue weighted by molar-refractivity contribution is 0.311. The van der Waals surface area contributed by atoms with Crippen LogP contribution in [0.2, 0.25) is 0 Å². The highest BCUT2D eigenvalue weighted by molar-refractivity contribution is 5.88. The van der Waals surface area contributed by atoms with E-state index < -0.39 is 0 Å². The second-order valence-corrected chi connectivity index (χ2v) is 6.83. The lowest BCUT2D eigenvalue weighted by Crippen LogP contribution is -2.27. The Kier molecular flexibility index (Phi) is 3.87. The molecule has 4 nitrogen and oxygen atoms in total. The van der Waals surface area contributed by atoms with E-state index in [9.17, 15) is 0 Å². The first-order valence-electron chi connectivity index (χ1n) is 8.64. The molecule has 0 bridgehead atoms. The first-order valence-corrected chi connectivity index (χ1v) is 8.64. The van der Waals surface area contributed by atoms with Gasteiger partial charge in [0.25, 0.3) is 0 Å². The Labute approximate surface area is 142 Å². The molecule has 3 aromatic rings. The molecule has 4 rings (SSSR count). The summed E-state index contributed by atoms with van der Waals surface area (Å²) in [7, 11) is 2.20. The molecule has 1 aliphatic rings. The molecule has 124 valence electrons. The molecule has 4 heteroatoms. The van der Waals surface area contributed by atoms with Crippen molar-refractivity contribution in [3.05, 3.63) is 58.9 Å². The smallest absolute Gasteiger partial charge is 0.137 e. The van der Waals surface area contributed by atoms with Crippen LogP contribution in [-0.4, -0.2) is 34.6 Å². The maximum absolute atomic E-state index is 5.73. The normalized spacial score (nSPS) is 15.0. The number of aromatic nitrogens is 2. The van der Waals surface area contributed by atoms with Gasteiger partial charge in [-0.1, -0.05) is 11.6 Å². The number of nitrogens with zero attached hydrogens (tertiary/aromatic N) is 3. The van der Waals surface area contributed by atoms with E-state index in [4.69, 9.17) is 5.73 Å². The predicted octanol–water partition coefficient (Wildman–Crippen LogP) is 2.82. The van der Waals surface area contributed by atoms with E-state index >= 15 is 0 Å². The number of rotatable bonds is 3. The summed E-state index contributed by atoms with van der Waals surface area (Å²) in [6.07, 6.45) is 3.85. The molecule has 0 aliphatic carbocycles. The lowest BCUT2D eigenvalue weighted by atomic mass is 10.0. The van der Waals surface area contributed by atoms with E-state index in [-0.39, 0.29) is 0 Å². The van der Waals surface area contributed by atoms with E-state index in [0.29, 0.717) is 6.54 Å². The summed E-state index contributed by atoms with van der Waals surface area (Å²) in [5.41, 5.74) is 12.4. The standard InChI is InChI=1S/C20H24N4/c1-14-3-4-18-16(11-14)17-13-23(2)10-7-19(17)24(18)20-12-15(5-8-21)6-9-22-20/h3-4,6,9,11-12H,5,7-8,10,13,21H2,1-2H3. The van der Waals surface area contributed by atoms with Gasteiger partial charge in [0.2, 0.25) is 0 Å². The Morgan fingerprint density at radius 3 is 2.92 bits per heavy atom. The molecule has 0 amide bonds. The minimum atomic E-state index is 0.665. The van der Waals surface area contributed by atoms with Gasteiger partial charge in [0, 0.05) is 36.8 Å². The molecule has 24 heavy (non-hydrogen) atoms. The fourth-order valence-corrected chi connectivity index (χ4v) is 3.77. The fourth-order valence-electron chi connectivity index (χ4n) is 3.77. The van der Waals surface area contributed by atoms with E-state index in [2.05, 4.69) is 58.8 Å². The Hall–Kier alpha value is -2.17. The third-order valence-corrected chi connectivity index (χ3v) is 4.97. The highest BCUT2D eigenvalue weighted by Crippen LogP contribution is 2.33. The number of aryl methyl sites for hydroxylation is 1. The van der Waals surface area contributed by atoms with Crippen molar-refractivity contribution in [3.63, 3.8) is 0 Å². The van der Waals surface area contributed by atoms with Crippen molar-refractivity contribution in [2.75, 3.05) is 20.1 Å². The molecule has 2 aromatic heterocycles. The average molecular weight is 320 g/mol. The van der Waals surface area contributed by atoms with Gasteiger partial charge in [0.15, 0.2) is 0 Å². The van der Waals surface area contributed by atoms with E-state index in [1.54, 1.807) is 0 Å². The fraction of sp³-hybridized carbons (Fsp3) is 0.350. The van der Waals surface area contributed by atoms with Gasteiger partial charge in [-0.05, 0) is 62.3 Å². The molecular weight excluding hydrogens is 296 g/mol. The van der Waals surface area contributed by atoms with Crippen molar-refractivity contribution in [3.8, 4) is 5.82 Å². The summed E-state index contributed by atoms with van der Waals surface area (Å²) >= 11 is 0. The van der Waals surface area contributed by atoms with Crippen molar-refractivity contribution in [2.24, 2.45) is 5.73 Å². The quantitative estimate of drug-likeness (QED) is 0.807. The van der Waals surface area contributed by atoms with Gasteiger partial charge in [0.05, 0.1) is 5.52 Å². The summed E-state index contributed by atoms with van der Waals surface area (Å²) in [6, 6.07) is 11.0. The van der Waals surface area contributed by atoms with Crippen LogP contribution in [0.25, 0.3) is 16.7 Å². The molecule has 2 N–H and O–H groups in total. The first kappa shape index (κ1) is 15.4. The van der Waals surface area contributed by atoms with Gasteiger partial charge in [-0.2, -0.15) is 0 Å². The van der Waals surface area contributed by atoms with Crippen molar-refractivity contribution in [1.82, 2.24) is 14.5 Å². The number of benzene rings is 1. The van der Waals surface area contributed by atoms with Crippen LogP contribution in [-0.2, 0) is 19.4 Å². The van der Waals surface area contributed by atoms with Gasteiger partial charge in [-0.25, -0.2) is 4.98 Å². The number of fused-ring (bicyclic) bond motifs is 3. The van der Waals surface area contributed by atoms with Crippen LogP contribution in [0.15, 0.2) is 36.5 Å². The highest BCUT2D eigenvalue weighted by atomic mass is 15.1. The van der Waals surface area contributed by atoms with Crippen LogP contribution in [0, 0.1) is 6.92 Å². The van der Waals surface area contributed by atoms with Gasteiger partial charge in [-0.3, -0.25) is 4.57 Å². The van der Waals surface area contributed by atoms with E-state index in [1.165, 1.54) is 33.3 Å². The molecule has 0 saturated heterocycles. The Bertz CT molecular complexity index is 894. The van der Waals surface area contributed by atoms with Gasteiger partial charge < -0.3 is 10.6 Å². The number of likely N-dealkylation sites (N-methyl/N-ethyl adjacent to an activating group) is 1. The summed E-state index contributed by atoms with van der Waals surface area (Å²) in [4.78, 5) is 7.07. The van der Waals surface area contributed by atoms with E-state index in [0.717, 1.165) is 31.7 Å². The molecule has 3 heterocycles. The molecule has 0 unspecified atom stereocenters. The lowest BCUT2D eigenvalue weighted by Gasteiger charge is -2.24. The number of hydrogen-bond acceptors (Lipinski definition) is 3. The van der Waals surface area contributed by atoms with Gasteiger partial charge in [0.1, 0.15) is 5.82 Å². The Morgan fingerprint density at radius 1 is 1.21 bits per heavy atom. The van der Waals surface area contributed by atoms with Crippen molar-refractivity contribution >= 4 is 10.9 Å². The topological polar surface area (TPSA) is 47.1 Å². The first-order chi connectivity index (χ1) is 11.7. The SMILES string of the molecule is Cc1ccc2c(c1)c1c(n2-c2cc(CCN)ccn2)CCN(C)C1. The maximum atomic E-state index is 5.73. The van der Waals surface area contributed by atoms with E-state index in [1.807, 2.05) is 6.20 Å². The third-order valence-electron chi connectivity index (χ3n) is 4.97.